The van der Waals surface area contributed by atoms with Gasteiger partial charge in [0.15, 0.2) is 0 Å². The van der Waals surface area contributed by atoms with Crippen LogP contribution in [0.5, 0.6) is 0 Å². The van der Waals surface area contributed by atoms with Gasteiger partial charge in [0.05, 0.1) is 17.0 Å². The van der Waals surface area contributed by atoms with Gasteiger partial charge in [-0.2, -0.15) is 0 Å². The summed E-state index contributed by atoms with van der Waals surface area (Å²) in [6.07, 6.45) is 4.65. The molecule has 0 atom stereocenters. The molecule has 1 aliphatic heterocycles. The van der Waals surface area contributed by atoms with E-state index in [-0.39, 0.29) is 17.1 Å². The predicted molar refractivity (Wildman–Crippen MR) is 71.1 cm³/mol. The molecule has 0 radical (unpaired) electrons. The third kappa shape index (κ3) is 2.29. The van der Waals surface area contributed by atoms with Crippen molar-refractivity contribution in [2.75, 3.05) is 11.4 Å². The summed E-state index contributed by atoms with van der Waals surface area (Å²) in [4.78, 5) is 31.3. The number of carboxylic acids is 1. The van der Waals surface area contributed by atoms with Gasteiger partial charge in [-0.25, -0.2) is 14.8 Å². The van der Waals surface area contributed by atoms with Crippen LogP contribution in [-0.4, -0.2) is 37.1 Å². The van der Waals surface area contributed by atoms with Crippen LogP contribution in [0.3, 0.4) is 0 Å². The fourth-order valence-electron chi connectivity index (χ4n) is 2.30. The number of hydrogen-bond donors (Lipinski definition) is 1. The number of aromatic carboxylic acids is 1. The monoisotopic (exact) mass is 289 g/mol. The average molecular weight is 289 g/mol. The Kier molecular flexibility index (Phi) is 3.01. The van der Waals surface area contributed by atoms with Crippen molar-refractivity contribution in [3.05, 3.63) is 46.2 Å². The van der Waals surface area contributed by atoms with E-state index in [0.29, 0.717) is 19.6 Å². The van der Waals surface area contributed by atoms with Gasteiger partial charge in [-0.3, -0.25) is 10.1 Å². The highest BCUT2D eigenvalue weighted by Gasteiger charge is 2.26. The van der Waals surface area contributed by atoms with Crippen molar-refractivity contribution in [3.8, 4) is 0 Å². The van der Waals surface area contributed by atoms with Gasteiger partial charge in [0.2, 0.25) is 5.82 Å². The minimum atomic E-state index is -1.24. The normalized spacial score (nSPS) is 13.8. The molecule has 0 bridgehead atoms. The van der Waals surface area contributed by atoms with E-state index >= 15 is 0 Å². The van der Waals surface area contributed by atoms with Crippen LogP contribution in [0.4, 0.5) is 11.5 Å². The van der Waals surface area contributed by atoms with Crippen molar-refractivity contribution in [3.63, 3.8) is 0 Å². The van der Waals surface area contributed by atoms with Crippen LogP contribution in [0.25, 0.3) is 0 Å². The Morgan fingerprint density at radius 3 is 2.90 bits per heavy atom. The van der Waals surface area contributed by atoms with Crippen LogP contribution in [-0.2, 0) is 13.1 Å². The molecule has 2 aromatic heterocycles. The van der Waals surface area contributed by atoms with Crippen LogP contribution in [0.15, 0.2) is 24.7 Å². The van der Waals surface area contributed by atoms with Gasteiger partial charge in [-0.05, 0) is 0 Å². The molecule has 21 heavy (non-hydrogen) atoms. The third-order valence-corrected chi connectivity index (χ3v) is 3.34. The van der Waals surface area contributed by atoms with Gasteiger partial charge >= 0.3 is 11.7 Å². The van der Waals surface area contributed by atoms with Crippen molar-refractivity contribution in [1.82, 2.24) is 14.5 Å². The molecule has 0 spiro atoms. The molecule has 108 valence electrons. The lowest BCUT2D eigenvalue weighted by Gasteiger charge is -2.28. The first-order valence-corrected chi connectivity index (χ1v) is 6.19. The summed E-state index contributed by atoms with van der Waals surface area (Å²) in [5.41, 5.74) is -0.515. The highest BCUT2D eigenvalue weighted by atomic mass is 16.6. The molecule has 0 aliphatic carbocycles. The number of carbonyl (C=O) groups is 1. The van der Waals surface area contributed by atoms with Crippen LogP contribution in [0, 0.1) is 10.1 Å². The second-order valence-electron chi connectivity index (χ2n) is 4.59. The van der Waals surface area contributed by atoms with E-state index < -0.39 is 10.9 Å². The predicted octanol–water partition coefficient (Wildman–Crippen LogP) is 0.905. The summed E-state index contributed by atoms with van der Waals surface area (Å²) in [5.74, 6) is -0.287. The molecule has 1 aliphatic rings. The summed E-state index contributed by atoms with van der Waals surface area (Å²) < 4.78 is 1.97. The molecule has 0 unspecified atom stereocenters. The van der Waals surface area contributed by atoms with Crippen LogP contribution in [0.1, 0.15) is 16.2 Å². The molecular formula is C12H11N5O4. The third-order valence-electron chi connectivity index (χ3n) is 3.34. The van der Waals surface area contributed by atoms with Gasteiger partial charge in [0.1, 0.15) is 5.82 Å². The first-order chi connectivity index (χ1) is 10.1. The summed E-state index contributed by atoms with van der Waals surface area (Å²) >= 11 is 0. The average Bonchev–Trinajstić information content (AvgIpc) is 2.93. The van der Waals surface area contributed by atoms with E-state index in [1.54, 1.807) is 11.1 Å². The van der Waals surface area contributed by atoms with Crippen molar-refractivity contribution in [2.24, 2.45) is 0 Å². The fourth-order valence-corrected chi connectivity index (χ4v) is 2.30. The number of hydrogen-bond acceptors (Lipinski definition) is 6. The van der Waals surface area contributed by atoms with Crippen LogP contribution < -0.4 is 4.90 Å². The zero-order valence-electron chi connectivity index (χ0n) is 10.8. The van der Waals surface area contributed by atoms with Crippen molar-refractivity contribution in [2.45, 2.75) is 13.1 Å². The number of aromatic nitrogens is 3. The molecule has 0 saturated heterocycles. The first-order valence-electron chi connectivity index (χ1n) is 6.19. The van der Waals surface area contributed by atoms with E-state index in [4.69, 9.17) is 5.11 Å². The summed E-state index contributed by atoms with van der Waals surface area (Å²) in [7, 11) is 0. The summed E-state index contributed by atoms with van der Waals surface area (Å²) in [6, 6.07) is 1.03. The Morgan fingerprint density at radius 2 is 2.19 bits per heavy atom. The van der Waals surface area contributed by atoms with Crippen molar-refractivity contribution in [1.29, 1.82) is 0 Å². The van der Waals surface area contributed by atoms with Gasteiger partial charge < -0.3 is 14.6 Å². The van der Waals surface area contributed by atoms with E-state index in [0.717, 1.165) is 18.1 Å². The first kappa shape index (κ1) is 13.0. The largest absolute Gasteiger partial charge is 0.478 e. The smallest absolute Gasteiger partial charge is 0.337 e. The number of nitro groups is 1. The Bertz CT molecular complexity index is 726. The molecule has 9 nitrogen and oxygen atoms in total. The molecule has 1 N–H and O–H groups in total. The molecule has 0 saturated carbocycles. The topological polar surface area (TPSA) is 114 Å². The lowest BCUT2D eigenvalue weighted by Crippen LogP contribution is -2.34. The number of pyridine rings is 1. The van der Waals surface area contributed by atoms with Crippen LogP contribution >= 0.6 is 0 Å². The lowest BCUT2D eigenvalue weighted by molar-refractivity contribution is -0.384. The number of nitrogens with zero attached hydrogens (tertiary/aromatic N) is 5. The van der Waals surface area contributed by atoms with Gasteiger partial charge in [0.25, 0.3) is 0 Å². The summed E-state index contributed by atoms with van der Waals surface area (Å²) in [6.45, 7) is 1.59. The maximum atomic E-state index is 11.2. The molecule has 9 heteroatoms. The zero-order chi connectivity index (χ0) is 15.0. The van der Waals surface area contributed by atoms with Crippen LogP contribution in [0.2, 0.25) is 0 Å². The van der Waals surface area contributed by atoms with E-state index in [1.165, 1.54) is 0 Å². The molecule has 0 amide bonds. The minimum absolute atomic E-state index is 0.166. The minimum Gasteiger partial charge on any atom is -0.478 e. The molecule has 0 aromatic carbocycles. The van der Waals surface area contributed by atoms with E-state index in [1.807, 2.05) is 10.8 Å². The molecule has 3 rings (SSSR count). The number of imidazole rings is 1. The fraction of sp³-hybridized carbons (Fsp3) is 0.250. The van der Waals surface area contributed by atoms with E-state index in [2.05, 4.69) is 9.97 Å². The number of anilines is 1. The number of fused-ring (bicyclic) bond motifs is 1. The Labute approximate surface area is 118 Å². The zero-order valence-corrected chi connectivity index (χ0v) is 10.8. The molecule has 2 aromatic rings. The quantitative estimate of drug-likeness (QED) is 0.659. The standard InChI is InChI=1S/C12H11N5O4/c18-12(19)8-5-9(17(20)21)11(14-6-8)16-4-3-15-2-1-13-10(15)7-16/h1-2,5-6H,3-4,7H2,(H,18,19). The SMILES string of the molecule is O=C(O)c1cnc(N2CCn3ccnc3C2)c([N+](=O)[O-])c1. The maximum absolute atomic E-state index is 11.2. The Morgan fingerprint density at radius 1 is 1.38 bits per heavy atom. The second kappa shape index (κ2) is 4.85. The van der Waals surface area contributed by atoms with E-state index in [9.17, 15) is 14.9 Å². The van der Waals surface area contributed by atoms with Gasteiger partial charge in [-0.1, -0.05) is 0 Å². The Hall–Kier alpha value is -2.97. The molecule has 3 heterocycles. The molecular weight excluding hydrogens is 278 g/mol. The van der Waals surface area contributed by atoms with Crippen molar-refractivity contribution < 1.29 is 14.8 Å². The number of rotatable bonds is 3. The Balaban J connectivity index is 1.99. The highest BCUT2D eigenvalue weighted by Crippen LogP contribution is 2.29. The summed E-state index contributed by atoms with van der Waals surface area (Å²) in [5, 5.41) is 20.1. The van der Waals surface area contributed by atoms with Gasteiger partial charge in [0, 0.05) is 37.7 Å². The van der Waals surface area contributed by atoms with Gasteiger partial charge in [-0.15, -0.1) is 0 Å². The number of carboxylic acid groups (broad SMARTS) is 1. The second-order valence-corrected chi connectivity index (χ2v) is 4.59. The lowest BCUT2D eigenvalue weighted by atomic mass is 10.2. The maximum Gasteiger partial charge on any atom is 0.337 e. The van der Waals surface area contributed by atoms with Crippen molar-refractivity contribution >= 4 is 17.5 Å². The highest BCUT2D eigenvalue weighted by molar-refractivity contribution is 5.88. The molecule has 0 fully saturated rings.